The quantitative estimate of drug-likeness (QED) is 0.747. The SMILES string of the molecule is c1ccc(CCCCNCC2CCCCO2)cc1. The molecule has 1 atom stereocenters. The molecule has 18 heavy (non-hydrogen) atoms. The van der Waals surface area contributed by atoms with Crippen molar-refractivity contribution in [3.05, 3.63) is 35.9 Å². The highest BCUT2D eigenvalue weighted by Gasteiger charge is 2.12. The summed E-state index contributed by atoms with van der Waals surface area (Å²) in [6.45, 7) is 3.11. The molecule has 1 fully saturated rings. The van der Waals surface area contributed by atoms with Gasteiger partial charge in [-0.2, -0.15) is 0 Å². The number of hydrogen-bond acceptors (Lipinski definition) is 2. The van der Waals surface area contributed by atoms with E-state index in [4.69, 9.17) is 4.74 Å². The van der Waals surface area contributed by atoms with Gasteiger partial charge in [0.15, 0.2) is 0 Å². The van der Waals surface area contributed by atoms with Crippen molar-refractivity contribution in [1.82, 2.24) is 5.32 Å². The third kappa shape index (κ3) is 5.19. The zero-order valence-electron chi connectivity index (χ0n) is 11.2. The van der Waals surface area contributed by atoms with Gasteiger partial charge in [0.05, 0.1) is 6.10 Å². The second-order valence-electron chi connectivity index (χ2n) is 5.14. The van der Waals surface area contributed by atoms with Crippen molar-refractivity contribution in [2.45, 2.75) is 44.6 Å². The smallest absolute Gasteiger partial charge is 0.0699 e. The Labute approximate surface area is 111 Å². The van der Waals surface area contributed by atoms with Gasteiger partial charge in [-0.25, -0.2) is 0 Å². The molecule has 0 radical (unpaired) electrons. The van der Waals surface area contributed by atoms with Gasteiger partial charge in [-0.15, -0.1) is 0 Å². The lowest BCUT2D eigenvalue weighted by molar-refractivity contribution is 0.0170. The molecule has 2 rings (SSSR count). The zero-order valence-corrected chi connectivity index (χ0v) is 11.2. The molecule has 0 aliphatic carbocycles. The highest BCUT2D eigenvalue weighted by molar-refractivity contribution is 5.14. The maximum Gasteiger partial charge on any atom is 0.0699 e. The van der Waals surface area contributed by atoms with Gasteiger partial charge < -0.3 is 10.1 Å². The van der Waals surface area contributed by atoms with E-state index >= 15 is 0 Å². The fourth-order valence-electron chi connectivity index (χ4n) is 2.46. The molecule has 0 saturated carbocycles. The highest BCUT2D eigenvalue weighted by Crippen LogP contribution is 2.11. The van der Waals surface area contributed by atoms with Gasteiger partial charge in [0.2, 0.25) is 0 Å². The van der Waals surface area contributed by atoms with Crippen LogP contribution in [-0.4, -0.2) is 25.8 Å². The molecule has 0 bridgehead atoms. The standard InChI is InChI=1S/C16H25NO/c1-2-8-15(9-3-1)10-4-6-12-17-14-16-11-5-7-13-18-16/h1-3,8-9,16-17H,4-7,10-14H2. The van der Waals surface area contributed by atoms with E-state index in [9.17, 15) is 0 Å². The Kier molecular flexibility index (Phi) is 6.24. The van der Waals surface area contributed by atoms with Gasteiger partial charge in [0.25, 0.3) is 0 Å². The van der Waals surface area contributed by atoms with Crippen molar-refractivity contribution in [2.75, 3.05) is 19.7 Å². The summed E-state index contributed by atoms with van der Waals surface area (Å²) < 4.78 is 5.69. The molecule has 0 spiro atoms. The second kappa shape index (κ2) is 8.28. The lowest BCUT2D eigenvalue weighted by Crippen LogP contribution is -2.32. The molecule has 2 heteroatoms. The number of unbranched alkanes of at least 4 members (excludes halogenated alkanes) is 1. The van der Waals surface area contributed by atoms with Gasteiger partial charge in [-0.05, 0) is 50.6 Å². The molecule has 1 saturated heterocycles. The first kappa shape index (κ1) is 13.6. The lowest BCUT2D eigenvalue weighted by atomic mass is 10.1. The van der Waals surface area contributed by atoms with Crippen LogP contribution in [0.1, 0.15) is 37.7 Å². The summed E-state index contributed by atoms with van der Waals surface area (Å²) in [6, 6.07) is 10.7. The van der Waals surface area contributed by atoms with E-state index in [1.165, 1.54) is 44.1 Å². The summed E-state index contributed by atoms with van der Waals surface area (Å²) in [4.78, 5) is 0. The minimum Gasteiger partial charge on any atom is -0.377 e. The number of hydrogen-bond donors (Lipinski definition) is 1. The van der Waals surface area contributed by atoms with Crippen LogP contribution in [0.25, 0.3) is 0 Å². The van der Waals surface area contributed by atoms with Crippen molar-refractivity contribution in [3.63, 3.8) is 0 Å². The van der Waals surface area contributed by atoms with Crippen LogP contribution < -0.4 is 5.32 Å². The molecule has 0 aromatic heterocycles. The Morgan fingerprint density at radius 3 is 2.78 bits per heavy atom. The average Bonchev–Trinajstić information content (AvgIpc) is 2.45. The maximum atomic E-state index is 5.69. The monoisotopic (exact) mass is 247 g/mol. The van der Waals surface area contributed by atoms with Gasteiger partial charge in [-0.3, -0.25) is 0 Å². The Hall–Kier alpha value is -0.860. The van der Waals surface area contributed by atoms with Crippen LogP contribution in [0.15, 0.2) is 30.3 Å². The highest BCUT2D eigenvalue weighted by atomic mass is 16.5. The minimum atomic E-state index is 0.466. The summed E-state index contributed by atoms with van der Waals surface area (Å²) in [5, 5.41) is 3.52. The van der Waals surface area contributed by atoms with Crippen LogP contribution in [0.4, 0.5) is 0 Å². The topological polar surface area (TPSA) is 21.3 Å². The number of aryl methyl sites for hydroxylation is 1. The number of benzene rings is 1. The van der Waals surface area contributed by atoms with E-state index < -0.39 is 0 Å². The molecule has 1 aromatic rings. The minimum absolute atomic E-state index is 0.466. The predicted octanol–water partition coefficient (Wildman–Crippen LogP) is 3.17. The van der Waals surface area contributed by atoms with Crippen LogP contribution in [0, 0.1) is 0 Å². The summed E-state index contributed by atoms with van der Waals surface area (Å²) in [6.07, 6.45) is 7.99. The van der Waals surface area contributed by atoms with Gasteiger partial charge >= 0.3 is 0 Å². The molecule has 100 valence electrons. The Balaban J connectivity index is 1.46. The van der Waals surface area contributed by atoms with E-state index in [1.54, 1.807) is 0 Å². The van der Waals surface area contributed by atoms with Crippen LogP contribution >= 0.6 is 0 Å². The first-order valence-electron chi connectivity index (χ1n) is 7.31. The molecular formula is C16H25NO. The average molecular weight is 247 g/mol. The maximum absolute atomic E-state index is 5.69. The van der Waals surface area contributed by atoms with Crippen LogP contribution in [0.2, 0.25) is 0 Å². The van der Waals surface area contributed by atoms with Crippen molar-refractivity contribution in [1.29, 1.82) is 0 Å². The molecule has 1 unspecified atom stereocenters. The van der Waals surface area contributed by atoms with Crippen LogP contribution in [-0.2, 0) is 11.2 Å². The van der Waals surface area contributed by atoms with E-state index in [2.05, 4.69) is 35.6 Å². The number of rotatable bonds is 7. The Morgan fingerprint density at radius 1 is 1.11 bits per heavy atom. The molecular weight excluding hydrogens is 222 g/mol. The van der Waals surface area contributed by atoms with E-state index in [1.807, 2.05) is 0 Å². The Bertz CT molecular complexity index is 306. The molecule has 2 nitrogen and oxygen atoms in total. The van der Waals surface area contributed by atoms with Crippen molar-refractivity contribution in [3.8, 4) is 0 Å². The summed E-state index contributed by atoms with van der Waals surface area (Å²) in [5.74, 6) is 0. The van der Waals surface area contributed by atoms with Crippen molar-refractivity contribution in [2.24, 2.45) is 0 Å². The molecule has 1 heterocycles. The van der Waals surface area contributed by atoms with Gasteiger partial charge in [0, 0.05) is 13.2 Å². The van der Waals surface area contributed by atoms with Crippen molar-refractivity contribution >= 4 is 0 Å². The molecule has 0 amide bonds. The third-order valence-corrected chi connectivity index (χ3v) is 3.56. The van der Waals surface area contributed by atoms with Crippen molar-refractivity contribution < 1.29 is 4.74 Å². The van der Waals surface area contributed by atoms with Crippen LogP contribution in [0.3, 0.4) is 0 Å². The molecule has 1 aliphatic heterocycles. The lowest BCUT2D eigenvalue weighted by Gasteiger charge is -2.22. The van der Waals surface area contributed by atoms with Gasteiger partial charge in [-0.1, -0.05) is 30.3 Å². The van der Waals surface area contributed by atoms with Crippen LogP contribution in [0.5, 0.6) is 0 Å². The van der Waals surface area contributed by atoms with E-state index in [0.717, 1.165) is 19.7 Å². The first-order chi connectivity index (χ1) is 8.95. The zero-order chi connectivity index (χ0) is 12.5. The third-order valence-electron chi connectivity index (χ3n) is 3.56. The predicted molar refractivity (Wildman–Crippen MR) is 75.8 cm³/mol. The fraction of sp³-hybridized carbons (Fsp3) is 0.625. The number of nitrogens with one attached hydrogen (secondary N) is 1. The summed E-state index contributed by atoms with van der Waals surface area (Å²) in [7, 11) is 0. The summed E-state index contributed by atoms with van der Waals surface area (Å²) >= 11 is 0. The molecule has 1 aromatic carbocycles. The molecule has 1 N–H and O–H groups in total. The normalized spacial score (nSPS) is 19.9. The Morgan fingerprint density at radius 2 is 2.00 bits per heavy atom. The second-order valence-corrected chi connectivity index (χ2v) is 5.14. The summed E-state index contributed by atoms with van der Waals surface area (Å²) in [5.41, 5.74) is 1.45. The van der Waals surface area contributed by atoms with E-state index in [0.29, 0.717) is 6.10 Å². The molecule has 1 aliphatic rings. The fourth-order valence-corrected chi connectivity index (χ4v) is 2.46. The van der Waals surface area contributed by atoms with Gasteiger partial charge in [0.1, 0.15) is 0 Å². The first-order valence-corrected chi connectivity index (χ1v) is 7.31. The number of ether oxygens (including phenoxy) is 1. The largest absolute Gasteiger partial charge is 0.377 e. The van der Waals surface area contributed by atoms with E-state index in [-0.39, 0.29) is 0 Å².